The van der Waals surface area contributed by atoms with Crippen LogP contribution in [0.5, 0.6) is 0 Å². The number of halogens is 1. The summed E-state index contributed by atoms with van der Waals surface area (Å²) in [5.74, 6) is 0. The molecule has 340 valence electrons. The molecule has 0 bridgehead atoms. The van der Waals surface area contributed by atoms with Crippen LogP contribution in [0.3, 0.4) is 0 Å². The van der Waals surface area contributed by atoms with E-state index in [0.717, 1.165) is 15.8 Å². The molecule has 0 amide bonds. The minimum absolute atomic E-state index is 0.200. The number of benzene rings is 9. The Kier molecular flexibility index (Phi) is 10.7. The molecule has 0 saturated heterocycles. The van der Waals surface area contributed by atoms with Crippen LogP contribution < -0.4 is 0 Å². The number of fused-ring (bicyclic) bond motifs is 6. The lowest BCUT2D eigenvalue weighted by Crippen LogP contribution is -2.18. The third-order valence-electron chi connectivity index (χ3n) is 15.8. The van der Waals surface area contributed by atoms with Gasteiger partial charge in [0.1, 0.15) is 0 Å². The molecule has 0 saturated carbocycles. The molecule has 0 aliphatic carbocycles. The largest absolute Gasteiger partial charge is 0.308 e. The third-order valence-corrected chi connectivity index (χ3v) is 16.7. The molecule has 0 unspecified atom stereocenters. The summed E-state index contributed by atoms with van der Waals surface area (Å²) in [5, 5.41) is 4.98. The van der Waals surface area contributed by atoms with E-state index in [-0.39, 0.29) is 21.7 Å². The van der Waals surface area contributed by atoms with Crippen molar-refractivity contribution >= 4 is 59.5 Å². The molecule has 2 nitrogen and oxygen atoms in total. The molecule has 11 aromatic rings. The smallest absolute Gasteiger partial charge is 0.0656 e. The first-order valence-corrected chi connectivity index (χ1v) is 25.2. The molecule has 2 heterocycles. The SMILES string of the molecule is CC(C)(c1ccccc1)c1ccc2c(c1)c1cc(C(C)(C)c3ccccc3)ccc1n2-c1cccc(-n2c3ccc(C(C)(C)c4ccccc4)cc3c3cc(C(C)(C)c4ccccc4)ccc32)c1Br. The highest BCUT2D eigenvalue weighted by atomic mass is 79.9. The van der Waals surface area contributed by atoms with Crippen LogP contribution in [0.15, 0.2) is 217 Å². The molecule has 2 aromatic heterocycles. The highest BCUT2D eigenvalue weighted by Gasteiger charge is 2.30. The van der Waals surface area contributed by atoms with Crippen molar-refractivity contribution in [1.82, 2.24) is 9.13 Å². The van der Waals surface area contributed by atoms with Crippen LogP contribution in [0, 0.1) is 0 Å². The summed E-state index contributed by atoms with van der Waals surface area (Å²) in [5.41, 5.74) is 16.4. The molecular formula is C66H59BrN2. The van der Waals surface area contributed by atoms with E-state index in [4.69, 9.17) is 0 Å². The summed E-state index contributed by atoms with van der Waals surface area (Å²) >= 11 is 4.33. The molecule has 0 atom stereocenters. The molecule has 0 N–H and O–H groups in total. The quantitative estimate of drug-likeness (QED) is 0.129. The average Bonchev–Trinajstić information content (AvgIpc) is 3.88. The molecule has 0 radical (unpaired) electrons. The van der Waals surface area contributed by atoms with Crippen molar-refractivity contribution in [2.45, 2.75) is 77.0 Å². The Hall–Kier alpha value is -6.94. The van der Waals surface area contributed by atoms with Crippen LogP contribution in [0.4, 0.5) is 0 Å². The fourth-order valence-corrected chi connectivity index (χ4v) is 11.7. The topological polar surface area (TPSA) is 9.86 Å². The van der Waals surface area contributed by atoms with Crippen molar-refractivity contribution in [2.24, 2.45) is 0 Å². The first-order valence-electron chi connectivity index (χ1n) is 24.4. The van der Waals surface area contributed by atoms with Crippen LogP contribution >= 0.6 is 15.9 Å². The van der Waals surface area contributed by atoms with Gasteiger partial charge in [0.25, 0.3) is 0 Å². The van der Waals surface area contributed by atoms with Gasteiger partial charge >= 0.3 is 0 Å². The monoisotopic (exact) mass is 958 g/mol. The van der Waals surface area contributed by atoms with Gasteiger partial charge in [0.05, 0.1) is 37.9 Å². The summed E-state index contributed by atoms with van der Waals surface area (Å²) in [6, 6.07) is 78.9. The van der Waals surface area contributed by atoms with Gasteiger partial charge in [-0.15, -0.1) is 0 Å². The Morgan fingerprint density at radius 2 is 0.493 bits per heavy atom. The van der Waals surface area contributed by atoms with E-state index in [9.17, 15) is 0 Å². The van der Waals surface area contributed by atoms with Gasteiger partial charge in [-0.2, -0.15) is 0 Å². The van der Waals surface area contributed by atoms with E-state index >= 15 is 0 Å². The van der Waals surface area contributed by atoms with Crippen molar-refractivity contribution in [3.8, 4) is 11.4 Å². The second-order valence-corrected chi connectivity index (χ2v) is 22.0. The summed E-state index contributed by atoms with van der Waals surface area (Å²) < 4.78 is 5.99. The number of aromatic nitrogens is 2. The highest BCUT2D eigenvalue weighted by molar-refractivity contribution is 9.10. The van der Waals surface area contributed by atoms with Gasteiger partial charge in [-0.3, -0.25) is 0 Å². The van der Waals surface area contributed by atoms with Gasteiger partial charge in [-0.1, -0.05) is 207 Å². The maximum absolute atomic E-state index is 4.33. The highest BCUT2D eigenvalue weighted by Crippen LogP contribution is 2.45. The number of rotatable bonds is 10. The average molecular weight is 960 g/mol. The molecular weight excluding hydrogens is 901 g/mol. The molecule has 0 spiro atoms. The Morgan fingerprint density at radius 1 is 0.261 bits per heavy atom. The van der Waals surface area contributed by atoms with Gasteiger partial charge in [0.15, 0.2) is 0 Å². The van der Waals surface area contributed by atoms with Crippen LogP contribution in [-0.2, 0) is 21.7 Å². The summed E-state index contributed by atoms with van der Waals surface area (Å²) in [7, 11) is 0. The Labute approximate surface area is 416 Å². The van der Waals surface area contributed by atoms with Crippen LogP contribution in [0.1, 0.15) is 99.9 Å². The van der Waals surface area contributed by atoms with Gasteiger partial charge < -0.3 is 9.13 Å². The minimum atomic E-state index is -0.200. The lowest BCUT2D eigenvalue weighted by Gasteiger charge is -2.27. The standard InChI is InChI=1S/C66H59BrN2/c1-63(2,44-22-13-9-14-23-44)48-32-36-56-52(40-48)53-41-49(64(3,4)45-24-15-10-16-25-45)33-37-57(53)68(56)60-30-21-31-61(62(60)67)69-58-38-34-50(65(5,6)46-26-17-11-18-27-46)42-54(58)55-43-51(35-39-59(55)69)66(7,8)47-28-19-12-20-29-47/h9-43H,1-8H3. The maximum atomic E-state index is 4.33. The zero-order chi connectivity index (χ0) is 47.9. The minimum Gasteiger partial charge on any atom is -0.308 e. The van der Waals surface area contributed by atoms with Crippen molar-refractivity contribution in [1.29, 1.82) is 0 Å². The van der Waals surface area contributed by atoms with Crippen LogP contribution in [-0.4, -0.2) is 9.13 Å². The maximum Gasteiger partial charge on any atom is 0.0656 e. The Bertz CT molecular complexity index is 3240. The zero-order valence-corrected chi connectivity index (χ0v) is 42.6. The predicted octanol–water partition coefficient (Wildman–Crippen LogP) is 17.9. The van der Waals surface area contributed by atoms with Gasteiger partial charge in [-0.25, -0.2) is 0 Å². The van der Waals surface area contributed by atoms with Crippen molar-refractivity contribution in [3.05, 3.63) is 261 Å². The second kappa shape index (κ2) is 16.6. The summed E-state index contributed by atoms with van der Waals surface area (Å²) in [6.45, 7) is 18.7. The Morgan fingerprint density at radius 3 is 0.725 bits per heavy atom. The molecule has 11 rings (SSSR count). The van der Waals surface area contributed by atoms with E-state index in [1.807, 2.05) is 0 Å². The van der Waals surface area contributed by atoms with E-state index < -0.39 is 0 Å². The van der Waals surface area contributed by atoms with Crippen LogP contribution in [0.25, 0.3) is 55.0 Å². The molecule has 0 aliphatic rings. The van der Waals surface area contributed by atoms with E-state index in [2.05, 4.69) is 293 Å². The first kappa shape index (κ1) is 44.6. The fraction of sp³-hybridized carbons (Fsp3) is 0.182. The number of hydrogen-bond acceptors (Lipinski definition) is 0. The summed E-state index contributed by atoms with van der Waals surface area (Å²) in [4.78, 5) is 0. The van der Waals surface area contributed by atoms with Crippen molar-refractivity contribution < 1.29 is 0 Å². The van der Waals surface area contributed by atoms with E-state index in [0.29, 0.717) is 0 Å². The lowest BCUT2D eigenvalue weighted by atomic mass is 9.77. The Balaban J connectivity index is 1.14. The van der Waals surface area contributed by atoms with Crippen molar-refractivity contribution in [2.75, 3.05) is 0 Å². The van der Waals surface area contributed by atoms with E-state index in [1.54, 1.807) is 0 Å². The van der Waals surface area contributed by atoms with E-state index in [1.165, 1.54) is 88.1 Å². The van der Waals surface area contributed by atoms with Gasteiger partial charge in [0.2, 0.25) is 0 Å². The fourth-order valence-electron chi connectivity index (χ4n) is 11.1. The number of hydrogen-bond donors (Lipinski definition) is 0. The van der Waals surface area contributed by atoms with Gasteiger partial charge in [-0.05, 0) is 121 Å². The normalized spacial score (nSPS) is 12.7. The third kappa shape index (κ3) is 7.28. The number of nitrogens with zero attached hydrogens (tertiary/aromatic N) is 2. The molecule has 0 fully saturated rings. The zero-order valence-electron chi connectivity index (χ0n) is 41.0. The predicted molar refractivity (Wildman–Crippen MR) is 297 cm³/mol. The van der Waals surface area contributed by atoms with Crippen LogP contribution in [0.2, 0.25) is 0 Å². The molecule has 0 aliphatic heterocycles. The molecule has 9 aromatic carbocycles. The van der Waals surface area contributed by atoms with Gasteiger partial charge in [0, 0.05) is 43.2 Å². The lowest BCUT2D eigenvalue weighted by molar-refractivity contribution is 0.641. The molecule has 69 heavy (non-hydrogen) atoms. The van der Waals surface area contributed by atoms with Crippen molar-refractivity contribution in [3.63, 3.8) is 0 Å². The first-order chi connectivity index (χ1) is 33.2. The second-order valence-electron chi connectivity index (χ2n) is 21.2. The molecule has 3 heteroatoms. The summed E-state index contributed by atoms with van der Waals surface area (Å²) in [6.07, 6.45) is 0.